The molecule has 0 atom stereocenters. The fourth-order valence-corrected chi connectivity index (χ4v) is 5.36. The number of anilines is 2. The predicted octanol–water partition coefficient (Wildman–Crippen LogP) is 6.16. The highest BCUT2D eigenvalue weighted by Gasteiger charge is 2.15. The highest BCUT2D eigenvalue weighted by Crippen LogP contribution is 2.26. The first-order chi connectivity index (χ1) is 18.6. The Balaban J connectivity index is 1.57. The lowest BCUT2D eigenvalue weighted by atomic mass is 10.1. The molecule has 0 saturated carbocycles. The van der Waals surface area contributed by atoms with Crippen LogP contribution in [-0.4, -0.2) is 58.0 Å². The second-order valence-electron chi connectivity index (χ2n) is 10.7. The largest absolute Gasteiger partial charge is 0.366 e. The Hall–Kier alpha value is -2.90. The van der Waals surface area contributed by atoms with Crippen LogP contribution in [0.4, 0.5) is 11.6 Å². The molecule has 7 heteroatoms. The molecule has 38 heavy (non-hydrogen) atoms. The van der Waals surface area contributed by atoms with Crippen LogP contribution < -0.4 is 11.1 Å². The van der Waals surface area contributed by atoms with Gasteiger partial charge in [-0.2, -0.15) is 0 Å². The molecule has 7 nitrogen and oxygen atoms in total. The summed E-state index contributed by atoms with van der Waals surface area (Å²) in [6, 6.07) is 14.1. The third-order valence-electron chi connectivity index (χ3n) is 7.60. The van der Waals surface area contributed by atoms with Crippen LogP contribution in [0.15, 0.2) is 42.5 Å². The van der Waals surface area contributed by atoms with Crippen molar-refractivity contribution in [3.8, 4) is 0 Å². The van der Waals surface area contributed by atoms with Crippen molar-refractivity contribution in [1.29, 1.82) is 0 Å². The minimum atomic E-state index is -0.416. The molecule has 1 amide bonds. The SMILES string of the molecule is CCCCN(CCCC)Cc1ccc2nc(Nc3ccc(C(N)=O)cc3)n(CCCN3CCCCC3)c2c1. The van der Waals surface area contributed by atoms with Crippen LogP contribution in [0.25, 0.3) is 11.0 Å². The van der Waals surface area contributed by atoms with Gasteiger partial charge >= 0.3 is 0 Å². The fraction of sp³-hybridized carbons (Fsp3) is 0.548. The second kappa shape index (κ2) is 14.3. The summed E-state index contributed by atoms with van der Waals surface area (Å²) in [5, 5.41) is 3.51. The van der Waals surface area contributed by atoms with E-state index in [2.05, 4.69) is 51.7 Å². The Labute approximate surface area is 228 Å². The smallest absolute Gasteiger partial charge is 0.248 e. The number of aromatic nitrogens is 2. The van der Waals surface area contributed by atoms with E-state index < -0.39 is 5.91 Å². The third kappa shape index (κ3) is 7.81. The predicted molar refractivity (Wildman–Crippen MR) is 158 cm³/mol. The first-order valence-electron chi connectivity index (χ1n) is 14.7. The molecule has 0 unspecified atom stereocenters. The topological polar surface area (TPSA) is 79.4 Å². The first-order valence-corrected chi connectivity index (χ1v) is 14.7. The minimum Gasteiger partial charge on any atom is -0.366 e. The van der Waals surface area contributed by atoms with Crippen molar-refractivity contribution >= 4 is 28.6 Å². The highest BCUT2D eigenvalue weighted by atomic mass is 16.1. The Morgan fingerprint density at radius 2 is 1.66 bits per heavy atom. The van der Waals surface area contributed by atoms with E-state index in [4.69, 9.17) is 10.7 Å². The number of unbranched alkanes of at least 4 members (excludes halogenated alkanes) is 2. The molecule has 0 bridgehead atoms. The van der Waals surface area contributed by atoms with Crippen LogP contribution in [0.5, 0.6) is 0 Å². The van der Waals surface area contributed by atoms with Crippen molar-refractivity contribution in [2.24, 2.45) is 5.73 Å². The summed E-state index contributed by atoms with van der Waals surface area (Å²) in [7, 11) is 0. The molecule has 2 heterocycles. The van der Waals surface area contributed by atoms with Crippen LogP contribution >= 0.6 is 0 Å². The molecule has 0 spiro atoms. The number of aryl methyl sites for hydroxylation is 1. The van der Waals surface area contributed by atoms with E-state index in [1.165, 1.54) is 69.1 Å². The molecule has 1 fully saturated rings. The van der Waals surface area contributed by atoms with Gasteiger partial charge < -0.3 is 20.5 Å². The monoisotopic (exact) mass is 518 g/mol. The number of nitrogens with one attached hydrogen (secondary N) is 1. The van der Waals surface area contributed by atoms with E-state index in [9.17, 15) is 4.79 Å². The molecule has 1 saturated heterocycles. The van der Waals surface area contributed by atoms with Gasteiger partial charge in [-0.15, -0.1) is 0 Å². The van der Waals surface area contributed by atoms with E-state index in [1.807, 2.05) is 12.1 Å². The summed E-state index contributed by atoms with van der Waals surface area (Å²) < 4.78 is 2.34. The fourth-order valence-electron chi connectivity index (χ4n) is 5.36. The number of imidazole rings is 1. The molecule has 0 aliphatic carbocycles. The molecule has 206 valence electrons. The van der Waals surface area contributed by atoms with E-state index in [1.54, 1.807) is 12.1 Å². The third-order valence-corrected chi connectivity index (χ3v) is 7.60. The van der Waals surface area contributed by atoms with Crippen LogP contribution in [0, 0.1) is 0 Å². The molecule has 2 aromatic carbocycles. The van der Waals surface area contributed by atoms with Gasteiger partial charge in [-0.25, -0.2) is 4.98 Å². The average Bonchev–Trinajstić information content (AvgIpc) is 3.27. The van der Waals surface area contributed by atoms with Gasteiger partial charge in [0.15, 0.2) is 0 Å². The molecule has 0 radical (unpaired) electrons. The van der Waals surface area contributed by atoms with Crippen molar-refractivity contribution in [2.75, 3.05) is 38.0 Å². The lowest BCUT2D eigenvalue weighted by molar-refractivity contribution is 0.100. The number of likely N-dealkylation sites (tertiary alicyclic amines) is 1. The maximum atomic E-state index is 11.5. The van der Waals surface area contributed by atoms with Gasteiger partial charge in [0, 0.05) is 24.3 Å². The standard InChI is InChI=1S/C31H46N6O/c1-3-5-17-36(18-6-4-2)24-25-11-16-28-29(23-25)37(22-10-21-35-19-8-7-9-20-35)31(34-28)33-27-14-12-26(13-15-27)30(32)38/h11-16,23H,3-10,17-22,24H2,1-2H3,(H2,32,38)(H,33,34). The number of carbonyl (C=O) groups is 1. The number of nitrogens with zero attached hydrogens (tertiary/aromatic N) is 4. The zero-order valence-corrected chi connectivity index (χ0v) is 23.4. The number of benzene rings is 2. The first kappa shape index (κ1) is 28.1. The maximum absolute atomic E-state index is 11.5. The number of primary amides is 1. The Morgan fingerprint density at radius 1 is 0.947 bits per heavy atom. The molecule has 1 aliphatic rings. The zero-order chi connectivity index (χ0) is 26.7. The number of rotatable bonds is 15. The Kier molecular flexibility index (Phi) is 10.6. The zero-order valence-electron chi connectivity index (χ0n) is 23.4. The summed E-state index contributed by atoms with van der Waals surface area (Å²) in [5.41, 5.74) is 10.4. The molecule has 1 aromatic heterocycles. The van der Waals surface area contributed by atoms with E-state index in [-0.39, 0.29) is 0 Å². The normalized spacial score (nSPS) is 14.4. The van der Waals surface area contributed by atoms with Crippen LogP contribution in [0.3, 0.4) is 0 Å². The number of fused-ring (bicyclic) bond motifs is 1. The van der Waals surface area contributed by atoms with E-state index in [0.29, 0.717) is 5.56 Å². The number of carbonyl (C=O) groups excluding carboxylic acids is 1. The molecule has 1 aliphatic heterocycles. The summed E-state index contributed by atoms with van der Waals surface area (Å²) in [6.45, 7) is 12.3. The summed E-state index contributed by atoms with van der Waals surface area (Å²) in [5.74, 6) is 0.428. The van der Waals surface area contributed by atoms with Crippen molar-refractivity contribution in [3.63, 3.8) is 0 Å². The van der Waals surface area contributed by atoms with Gasteiger partial charge in [-0.05, 0) is 107 Å². The summed E-state index contributed by atoms with van der Waals surface area (Å²) in [6.07, 6.45) is 10.0. The summed E-state index contributed by atoms with van der Waals surface area (Å²) in [4.78, 5) is 21.7. The molecular weight excluding hydrogens is 472 g/mol. The van der Waals surface area contributed by atoms with Gasteiger partial charge in [0.2, 0.25) is 11.9 Å². The van der Waals surface area contributed by atoms with Gasteiger partial charge in [-0.3, -0.25) is 9.69 Å². The van der Waals surface area contributed by atoms with Crippen LogP contribution in [-0.2, 0) is 13.1 Å². The van der Waals surface area contributed by atoms with Crippen molar-refractivity contribution in [1.82, 2.24) is 19.4 Å². The number of hydrogen-bond acceptors (Lipinski definition) is 5. The molecule has 3 aromatic rings. The van der Waals surface area contributed by atoms with E-state index >= 15 is 0 Å². The number of amides is 1. The maximum Gasteiger partial charge on any atom is 0.248 e. The molecule has 3 N–H and O–H groups in total. The second-order valence-corrected chi connectivity index (χ2v) is 10.7. The minimum absolute atomic E-state index is 0.416. The van der Waals surface area contributed by atoms with Gasteiger partial charge in [0.05, 0.1) is 11.0 Å². The van der Waals surface area contributed by atoms with Crippen molar-refractivity contribution in [3.05, 3.63) is 53.6 Å². The quantitative estimate of drug-likeness (QED) is 0.252. The lowest BCUT2D eigenvalue weighted by Gasteiger charge is -2.26. The van der Waals surface area contributed by atoms with Gasteiger partial charge in [-0.1, -0.05) is 39.2 Å². The Morgan fingerprint density at radius 3 is 2.32 bits per heavy atom. The number of piperidine rings is 1. The average molecular weight is 519 g/mol. The van der Waals surface area contributed by atoms with Gasteiger partial charge in [0.25, 0.3) is 0 Å². The number of hydrogen-bond donors (Lipinski definition) is 2. The highest BCUT2D eigenvalue weighted by molar-refractivity contribution is 5.93. The molecule has 4 rings (SSSR count). The van der Waals surface area contributed by atoms with Crippen LogP contribution in [0.2, 0.25) is 0 Å². The molecular formula is C31H46N6O. The van der Waals surface area contributed by atoms with Crippen molar-refractivity contribution < 1.29 is 4.79 Å². The lowest BCUT2D eigenvalue weighted by Crippen LogP contribution is -2.31. The van der Waals surface area contributed by atoms with Gasteiger partial charge in [0.1, 0.15) is 0 Å². The van der Waals surface area contributed by atoms with E-state index in [0.717, 1.165) is 56.3 Å². The summed E-state index contributed by atoms with van der Waals surface area (Å²) >= 11 is 0. The van der Waals surface area contributed by atoms with Crippen LogP contribution in [0.1, 0.15) is 81.1 Å². The number of nitrogens with two attached hydrogens (primary N) is 1. The Bertz CT molecular complexity index is 1140. The van der Waals surface area contributed by atoms with Crippen molar-refractivity contribution in [2.45, 2.75) is 78.3 Å².